The van der Waals surface area contributed by atoms with Gasteiger partial charge in [0.1, 0.15) is 4.88 Å². The van der Waals surface area contributed by atoms with E-state index in [1.54, 1.807) is 4.90 Å². The number of rotatable bonds is 4. The maximum absolute atomic E-state index is 12.7. The molecule has 1 amide bonds. The Hall–Kier alpha value is -0.640. The lowest BCUT2D eigenvalue weighted by Gasteiger charge is -2.35. The summed E-state index contributed by atoms with van der Waals surface area (Å²) >= 11 is 7.87. The number of nitrogens with zero attached hydrogens (tertiary/aromatic N) is 1. The lowest BCUT2D eigenvalue weighted by atomic mass is 10.2. The molecule has 2 rings (SSSR count). The summed E-state index contributed by atoms with van der Waals surface area (Å²) in [5.74, 6) is -1.02. The summed E-state index contributed by atoms with van der Waals surface area (Å²) in [6.45, 7) is 4.32. The lowest BCUT2D eigenvalue weighted by molar-refractivity contribution is -0.139. The van der Waals surface area contributed by atoms with Crippen LogP contribution < -0.4 is 4.74 Å². The Labute approximate surface area is 148 Å². The molecule has 0 spiro atoms. The first-order valence-corrected chi connectivity index (χ1v) is 8.97. The fourth-order valence-corrected chi connectivity index (χ4v) is 4.44. The van der Waals surface area contributed by atoms with Gasteiger partial charge in [-0.1, -0.05) is 0 Å². The number of hydrogen-bond acceptors (Lipinski definition) is 5. The molecule has 1 N–H and O–H groups in total. The van der Waals surface area contributed by atoms with E-state index in [4.69, 9.17) is 14.6 Å². The number of aliphatic carboxylic acids is 1. The van der Waals surface area contributed by atoms with Crippen molar-refractivity contribution in [1.29, 1.82) is 0 Å². The summed E-state index contributed by atoms with van der Waals surface area (Å²) in [6.07, 6.45) is -0.0779. The van der Waals surface area contributed by atoms with E-state index in [9.17, 15) is 9.59 Å². The molecule has 122 valence electrons. The number of halogens is 2. The first kappa shape index (κ1) is 17.7. The zero-order chi connectivity index (χ0) is 16.4. The molecule has 9 heteroatoms. The predicted octanol–water partition coefficient (Wildman–Crippen LogP) is 2.99. The van der Waals surface area contributed by atoms with Gasteiger partial charge in [0, 0.05) is 13.1 Å². The maximum Gasteiger partial charge on any atom is 0.341 e. The van der Waals surface area contributed by atoms with Crippen molar-refractivity contribution in [3.63, 3.8) is 0 Å². The highest BCUT2D eigenvalue weighted by Gasteiger charge is 2.31. The SMILES string of the molecule is CC1CN(C(=O)c2sc(Br)c(Br)c2OCC(=O)O)CC(C)O1. The second kappa shape index (κ2) is 7.29. The Morgan fingerprint density at radius 2 is 1.95 bits per heavy atom. The highest BCUT2D eigenvalue weighted by molar-refractivity contribution is 9.13. The zero-order valence-electron chi connectivity index (χ0n) is 12.0. The molecule has 0 saturated carbocycles. The Morgan fingerprint density at radius 3 is 2.50 bits per heavy atom. The number of ether oxygens (including phenoxy) is 2. The van der Waals surface area contributed by atoms with E-state index in [1.807, 2.05) is 13.8 Å². The van der Waals surface area contributed by atoms with E-state index in [0.717, 1.165) is 0 Å². The number of amides is 1. The number of carbonyl (C=O) groups is 2. The number of carboxylic acid groups (broad SMARTS) is 1. The Kier molecular flexibility index (Phi) is 5.87. The van der Waals surface area contributed by atoms with E-state index >= 15 is 0 Å². The van der Waals surface area contributed by atoms with Crippen LogP contribution in [-0.4, -0.2) is 53.8 Å². The summed E-state index contributed by atoms with van der Waals surface area (Å²) in [5, 5.41) is 8.76. The molecule has 1 aromatic heterocycles. The van der Waals surface area contributed by atoms with Gasteiger partial charge in [0.15, 0.2) is 12.4 Å². The number of carboxylic acids is 1. The molecule has 1 fully saturated rings. The molecule has 2 heterocycles. The standard InChI is InChI=1S/C13H15Br2NO5S/c1-6-3-16(4-7(2)21-6)13(19)11-10(20-5-8(17)18)9(14)12(15)22-11/h6-7H,3-5H2,1-2H3,(H,17,18). The molecular formula is C13H15Br2NO5S. The van der Waals surface area contributed by atoms with Crippen molar-refractivity contribution in [2.75, 3.05) is 19.7 Å². The van der Waals surface area contributed by atoms with Gasteiger partial charge < -0.3 is 19.5 Å². The van der Waals surface area contributed by atoms with Crippen LogP contribution in [0.1, 0.15) is 23.5 Å². The second-order valence-corrected chi connectivity index (χ2v) is 8.13. The summed E-state index contributed by atoms with van der Waals surface area (Å²) in [6, 6.07) is 0. The first-order valence-electron chi connectivity index (χ1n) is 6.56. The lowest BCUT2D eigenvalue weighted by Crippen LogP contribution is -2.48. The number of carbonyl (C=O) groups excluding carboxylic acids is 1. The third-order valence-corrected chi connectivity index (χ3v) is 6.39. The van der Waals surface area contributed by atoms with Crippen molar-refractivity contribution in [3.8, 4) is 5.75 Å². The summed E-state index contributed by atoms with van der Waals surface area (Å²) < 4.78 is 12.1. The van der Waals surface area contributed by atoms with Crippen LogP contribution in [0.5, 0.6) is 5.75 Å². The predicted molar refractivity (Wildman–Crippen MR) is 88.8 cm³/mol. The van der Waals surface area contributed by atoms with Gasteiger partial charge in [-0.15, -0.1) is 11.3 Å². The maximum atomic E-state index is 12.7. The van der Waals surface area contributed by atoms with Gasteiger partial charge in [-0.3, -0.25) is 4.79 Å². The fourth-order valence-electron chi connectivity index (χ4n) is 2.26. The largest absolute Gasteiger partial charge is 0.479 e. The van der Waals surface area contributed by atoms with Crippen LogP contribution in [0.2, 0.25) is 0 Å². The van der Waals surface area contributed by atoms with Gasteiger partial charge >= 0.3 is 5.97 Å². The highest BCUT2D eigenvalue weighted by atomic mass is 79.9. The van der Waals surface area contributed by atoms with Gasteiger partial charge in [-0.05, 0) is 45.7 Å². The van der Waals surface area contributed by atoms with Crippen LogP contribution in [0.3, 0.4) is 0 Å². The molecule has 1 saturated heterocycles. The third kappa shape index (κ3) is 4.01. The van der Waals surface area contributed by atoms with Crippen molar-refractivity contribution < 1.29 is 24.2 Å². The minimum absolute atomic E-state index is 0.0390. The van der Waals surface area contributed by atoms with E-state index in [0.29, 0.717) is 26.2 Å². The van der Waals surface area contributed by atoms with Gasteiger partial charge in [0.05, 0.1) is 20.5 Å². The molecule has 0 bridgehead atoms. The molecule has 22 heavy (non-hydrogen) atoms. The number of hydrogen-bond donors (Lipinski definition) is 1. The highest BCUT2D eigenvalue weighted by Crippen LogP contribution is 2.43. The average molecular weight is 457 g/mol. The van der Waals surface area contributed by atoms with Gasteiger partial charge in [0.2, 0.25) is 0 Å². The van der Waals surface area contributed by atoms with Gasteiger partial charge in [-0.25, -0.2) is 4.79 Å². The molecule has 0 radical (unpaired) electrons. The van der Waals surface area contributed by atoms with E-state index < -0.39 is 12.6 Å². The fraction of sp³-hybridized carbons (Fsp3) is 0.538. The van der Waals surface area contributed by atoms with Crippen LogP contribution in [0.25, 0.3) is 0 Å². The van der Waals surface area contributed by atoms with Crippen molar-refractivity contribution in [2.45, 2.75) is 26.1 Å². The van der Waals surface area contributed by atoms with E-state index in [-0.39, 0.29) is 23.9 Å². The first-order chi connectivity index (χ1) is 10.3. The molecule has 0 aromatic carbocycles. The topological polar surface area (TPSA) is 76.1 Å². The molecular weight excluding hydrogens is 442 g/mol. The Balaban J connectivity index is 2.25. The number of morpholine rings is 1. The van der Waals surface area contributed by atoms with Crippen LogP contribution in [0, 0.1) is 0 Å². The van der Waals surface area contributed by atoms with Crippen molar-refractivity contribution in [2.24, 2.45) is 0 Å². The summed E-state index contributed by atoms with van der Waals surface area (Å²) in [7, 11) is 0. The molecule has 1 aromatic rings. The molecule has 0 aliphatic carbocycles. The van der Waals surface area contributed by atoms with Crippen LogP contribution in [0.4, 0.5) is 0 Å². The van der Waals surface area contributed by atoms with Gasteiger partial charge in [-0.2, -0.15) is 0 Å². The van der Waals surface area contributed by atoms with Crippen molar-refractivity contribution in [3.05, 3.63) is 13.1 Å². The van der Waals surface area contributed by atoms with Crippen LogP contribution in [0.15, 0.2) is 8.26 Å². The van der Waals surface area contributed by atoms with Gasteiger partial charge in [0.25, 0.3) is 5.91 Å². The van der Waals surface area contributed by atoms with Crippen LogP contribution in [-0.2, 0) is 9.53 Å². The molecule has 2 atom stereocenters. The number of thiophene rings is 1. The summed E-state index contributed by atoms with van der Waals surface area (Å²) in [5.41, 5.74) is 0. The minimum Gasteiger partial charge on any atom is -0.479 e. The third-order valence-electron chi connectivity index (χ3n) is 3.01. The quantitative estimate of drug-likeness (QED) is 0.753. The average Bonchev–Trinajstić information content (AvgIpc) is 2.70. The summed E-state index contributed by atoms with van der Waals surface area (Å²) in [4.78, 5) is 25.5. The smallest absolute Gasteiger partial charge is 0.341 e. The Bertz CT molecular complexity index is 581. The van der Waals surface area contributed by atoms with E-state index in [2.05, 4.69) is 31.9 Å². The molecule has 6 nitrogen and oxygen atoms in total. The minimum atomic E-state index is -1.10. The monoisotopic (exact) mass is 455 g/mol. The Morgan fingerprint density at radius 1 is 1.36 bits per heavy atom. The second-order valence-electron chi connectivity index (χ2n) is 5.00. The van der Waals surface area contributed by atoms with E-state index in [1.165, 1.54) is 11.3 Å². The normalized spacial score (nSPS) is 21.7. The van der Waals surface area contributed by atoms with Crippen LogP contribution >= 0.6 is 43.2 Å². The molecule has 1 aliphatic heterocycles. The van der Waals surface area contributed by atoms with Crippen molar-refractivity contribution >= 4 is 55.1 Å². The van der Waals surface area contributed by atoms with Crippen molar-refractivity contribution in [1.82, 2.24) is 4.90 Å². The zero-order valence-corrected chi connectivity index (χ0v) is 16.0. The molecule has 2 unspecified atom stereocenters. The molecule has 1 aliphatic rings.